The second-order valence-corrected chi connectivity index (χ2v) is 7.23. The number of pyridine rings is 1. The van der Waals surface area contributed by atoms with Gasteiger partial charge in [0.15, 0.2) is 17.5 Å². The van der Waals surface area contributed by atoms with Crippen molar-refractivity contribution < 1.29 is 31.5 Å². The van der Waals surface area contributed by atoms with Crippen LogP contribution in [0.4, 0.5) is 22.0 Å². The summed E-state index contributed by atoms with van der Waals surface area (Å²) in [6, 6.07) is 1.87. The van der Waals surface area contributed by atoms with Gasteiger partial charge in [0.05, 0.1) is 24.0 Å². The van der Waals surface area contributed by atoms with E-state index in [1.54, 1.807) is 13.8 Å². The zero-order chi connectivity index (χ0) is 24.3. The lowest BCUT2D eigenvalue weighted by atomic mass is 10.1. The molecule has 0 saturated carbocycles. The molecule has 7 nitrogen and oxygen atoms in total. The minimum Gasteiger partial charge on any atom is -0.473 e. The highest BCUT2D eigenvalue weighted by molar-refractivity contribution is 5.98. The Labute approximate surface area is 185 Å². The average Bonchev–Trinajstić information content (AvgIpc) is 3.28. The highest BCUT2D eigenvalue weighted by Crippen LogP contribution is 2.29. The first-order valence-electron chi connectivity index (χ1n) is 9.86. The van der Waals surface area contributed by atoms with Crippen molar-refractivity contribution >= 4 is 5.91 Å². The Balaban J connectivity index is 1.81. The van der Waals surface area contributed by atoms with Crippen LogP contribution in [0.2, 0.25) is 0 Å². The maximum Gasteiger partial charge on any atom is 0.272 e. The van der Waals surface area contributed by atoms with Crippen molar-refractivity contribution in [1.82, 2.24) is 24.9 Å². The maximum atomic E-state index is 14.5. The minimum atomic E-state index is -3.27. The monoisotopic (exact) mass is 469 g/mol. The van der Waals surface area contributed by atoms with Crippen LogP contribution >= 0.6 is 0 Å². The Kier molecular flexibility index (Phi) is 6.94. The number of alkyl halides is 2. The molecule has 0 aliphatic carbocycles. The van der Waals surface area contributed by atoms with Crippen LogP contribution in [0.5, 0.6) is 5.88 Å². The van der Waals surface area contributed by atoms with Gasteiger partial charge in [-0.1, -0.05) is 0 Å². The van der Waals surface area contributed by atoms with Crippen LogP contribution < -0.4 is 4.74 Å². The van der Waals surface area contributed by atoms with Crippen molar-refractivity contribution in [2.45, 2.75) is 32.7 Å². The van der Waals surface area contributed by atoms with Crippen molar-refractivity contribution in [3.05, 3.63) is 65.4 Å². The van der Waals surface area contributed by atoms with Crippen LogP contribution in [0.25, 0.3) is 5.69 Å². The molecule has 3 rings (SSSR count). The Morgan fingerprint density at radius 3 is 2.42 bits per heavy atom. The molecule has 3 aromatic rings. The highest BCUT2D eigenvalue weighted by atomic mass is 19.3. The van der Waals surface area contributed by atoms with E-state index in [4.69, 9.17) is 4.74 Å². The maximum absolute atomic E-state index is 14.5. The fourth-order valence-electron chi connectivity index (χ4n) is 3.11. The standard InChI is InChI=1S/C21H20F5N5O2/c1-4-30(12(2)11-33-19-16(23)9-13(10-27-19)21(3,25)26)20(32)14-5-6-15(22)17(24)18(14)31-28-7-8-29-31/h5-10,12H,4,11H2,1-3H3/t12-/m0/s1. The van der Waals surface area contributed by atoms with Gasteiger partial charge in [-0.3, -0.25) is 4.79 Å². The second kappa shape index (κ2) is 9.51. The molecule has 1 aromatic carbocycles. The summed E-state index contributed by atoms with van der Waals surface area (Å²) in [7, 11) is 0. The molecule has 0 radical (unpaired) electrons. The van der Waals surface area contributed by atoms with E-state index in [-0.39, 0.29) is 18.7 Å². The number of hydrogen-bond acceptors (Lipinski definition) is 5. The fraction of sp³-hybridized carbons (Fsp3) is 0.333. The number of aromatic nitrogens is 4. The van der Waals surface area contributed by atoms with Crippen molar-refractivity contribution in [3.8, 4) is 11.6 Å². The molecule has 1 atom stereocenters. The lowest BCUT2D eigenvalue weighted by molar-refractivity contribution is 0.0165. The molecule has 0 spiro atoms. The zero-order valence-electron chi connectivity index (χ0n) is 17.9. The van der Waals surface area contributed by atoms with Gasteiger partial charge in [0, 0.05) is 25.2 Å². The van der Waals surface area contributed by atoms with Gasteiger partial charge in [0.25, 0.3) is 11.8 Å². The molecular formula is C21H20F5N5O2. The van der Waals surface area contributed by atoms with E-state index in [2.05, 4.69) is 15.2 Å². The third kappa shape index (κ3) is 5.10. The van der Waals surface area contributed by atoms with Crippen molar-refractivity contribution in [2.24, 2.45) is 0 Å². The van der Waals surface area contributed by atoms with Crippen molar-refractivity contribution in [1.29, 1.82) is 0 Å². The number of amides is 1. The van der Waals surface area contributed by atoms with Gasteiger partial charge in [-0.25, -0.2) is 26.9 Å². The fourth-order valence-corrected chi connectivity index (χ4v) is 3.11. The lowest BCUT2D eigenvalue weighted by Crippen LogP contribution is -2.42. The molecule has 176 valence electrons. The average molecular weight is 469 g/mol. The van der Waals surface area contributed by atoms with E-state index in [9.17, 15) is 26.7 Å². The number of halogens is 5. The van der Waals surface area contributed by atoms with Crippen molar-refractivity contribution in [2.75, 3.05) is 13.2 Å². The Morgan fingerprint density at radius 1 is 1.18 bits per heavy atom. The number of carbonyl (C=O) groups is 1. The molecule has 12 heteroatoms. The Morgan fingerprint density at radius 2 is 1.85 bits per heavy atom. The summed E-state index contributed by atoms with van der Waals surface area (Å²) < 4.78 is 74.4. The molecule has 33 heavy (non-hydrogen) atoms. The second-order valence-electron chi connectivity index (χ2n) is 7.23. The van der Waals surface area contributed by atoms with Crippen molar-refractivity contribution in [3.63, 3.8) is 0 Å². The molecule has 0 fully saturated rings. The van der Waals surface area contributed by atoms with Crippen LogP contribution in [0, 0.1) is 17.5 Å². The van der Waals surface area contributed by atoms with Gasteiger partial charge in [0.1, 0.15) is 12.3 Å². The normalized spacial score (nSPS) is 12.5. The quantitative estimate of drug-likeness (QED) is 0.464. The number of rotatable bonds is 8. The Hall–Kier alpha value is -3.57. The van der Waals surface area contributed by atoms with E-state index < -0.39 is 52.5 Å². The van der Waals surface area contributed by atoms with Crippen LogP contribution in [0.3, 0.4) is 0 Å². The number of nitrogens with zero attached hydrogens (tertiary/aromatic N) is 5. The summed E-state index contributed by atoms with van der Waals surface area (Å²) in [6.07, 6.45) is 3.29. The Bertz CT molecular complexity index is 1130. The highest BCUT2D eigenvalue weighted by Gasteiger charge is 2.29. The first kappa shape index (κ1) is 24.1. The molecule has 0 aliphatic heterocycles. The molecule has 0 saturated heterocycles. The van der Waals surface area contributed by atoms with Gasteiger partial charge in [-0.15, -0.1) is 4.80 Å². The number of likely N-dealkylation sites (N-methyl/N-ethyl adjacent to an activating group) is 1. The smallest absolute Gasteiger partial charge is 0.272 e. The van der Waals surface area contributed by atoms with E-state index in [1.165, 1.54) is 17.3 Å². The SMILES string of the molecule is CCN(C(=O)c1ccc(F)c(F)c1-n1nccn1)[C@@H](C)COc1ncc(C(C)(F)F)cc1F. The summed E-state index contributed by atoms with van der Waals surface area (Å²) in [5.41, 5.74) is -1.26. The predicted molar refractivity (Wildman–Crippen MR) is 107 cm³/mol. The lowest BCUT2D eigenvalue weighted by Gasteiger charge is -2.28. The molecule has 0 unspecified atom stereocenters. The van der Waals surface area contributed by atoms with E-state index in [0.717, 1.165) is 23.1 Å². The molecule has 0 N–H and O–H groups in total. The third-order valence-electron chi connectivity index (χ3n) is 4.83. The van der Waals surface area contributed by atoms with Crippen LogP contribution in [-0.2, 0) is 5.92 Å². The summed E-state index contributed by atoms with van der Waals surface area (Å²) in [6.45, 7) is 3.74. The first-order chi connectivity index (χ1) is 15.5. The van der Waals surface area contributed by atoms with Gasteiger partial charge in [-0.05, 0) is 32.0 Å². The van der Waals surface area contributed by atoms with E-state index >= 15 is 0 Å². The number of carbonyl (C=O) groups excluding carboxylic acids is 1. The van der Waals surface area contributed by atoms with E-state index in [0.29, 0.717) is 13.0 Å². The molecule has 2 heterocycles. The van der Waals surface area contributed by atoms with Gasteiger partial charge in [0.2, 0.25) is 5.88 Å². The summed E-state index contributed by atoms with van der Waals surface area (Å²) in [4.78, 5) is 18.8. The van der Waals surface area contributed by atoms with Gasteiger partial charge in [-0.2, -0.15) is 10.2 Å². The summed E-state index contributed by atoms with van der Waals surface area (Å²) in [5, 5.41) is 7.54. The molecular weight excluding hydrogens is 449 g/mol. The van der Waals surface area contributed by atoms with Crippen LogP contribution in [0.15, 0.2) is 36.8 Å². The number of benzene rings is 1. The summed E-state index contributed by atoms with van der Waals surface area (Å²) in [5.74, 6) is -8.00. The minimum absolute atomic E-state index is 0.144. The molecule has 1 amide bonds. The zero-order valence-corrected chi connectivity index (χ0v) is 17.9. The third-order valence-corrected chi connectivity index (χ3v) is 4.83. The number of hydrogen-bond donors (Lipinski definition) is 0. The van der Waals surface area contributed by atoms with Crippen LogP contribution in [0.1, 0.15) is 36.7 Å². The molecule has 0 bridgehead atoms. The summed E-state index contributed by atoms with van der Waals surface area (Å²) >= 11 is 0. The predicted octanol–water partition coefficient (Wildman–Crippen LogP) is 4.12. The van der Waals surface area contributed by atoms with Crippen LogP contribution in [-0.4, -0.2) is 50.0 Å². The van der Waals surface area contributed by atoms with E-state index in [1.807, 2.05) is 0 Å². The topological polar surface area (TPSA) is 73.1 Å². The molecule has 0 aliphatic rings. The molecule has 2 aromatic heterocycles. The number of ether oxygens (including phenoxy) is 1. The largest absolute Gasteiger partial charge is 0.473 e. The van der Waals surface area contributed by atoms with Gasteiger partial charge < -0.3 is 9.64 Å². The van der Waals surface area contributed by atoms with Gasteiger partial charge >= 0.3 is 0 Å². The first-order valence-corrected chi connectivity index (χ1v) is 9.86.